The lowest BCUT2D eigenvalue weighted by Gasteiger charge is -2.26. The topological polar surface area (TPSA) is 46.6 Å². The lowest BCUT2D eigenvalue weighted by molar-refractivity contribution is -0.152. The van der Waals surface area contributed by atoms with Crippen molar-refractivity contribution in [1.29, 1.82) is 0 Å². The summed E-state index contributed by atoms with van der Waals surface area (Å²) in [5.74, 6) is -3.65. The van der Waals surface area contributed by atoms with Crippen LogP contribution in [0.3, 0.4) is 0 Å². The van der Waals surface area contributed by atoms with Gasteiger partial charge < -0.3 is 4.74 Å². The minimum absolute atomic E-state index is 0.326. The van der Waals surface area contributed by atoms with E-state index in [1.54, 1.807) is 39.0 Å². The van der Waals surface area contributed by atoms with Gasteiger partial charge in [0.15, 0.2) is 0 Å². The number of carbonyl (C=O) groups excluding carboxylic acids is 2. The standard InChI is InChI=1S/C27H27F2NO3/c1-17-9-6-12-21(18(17)2)19-10-7-11-20(15-19)30(16-24(31)33-27(3,4)5)26(32)25-22(28)13-8-14-23(25)29/h6-15H,16H2,1-5H3. The second-order valence-electron chi connectivity index (χ2n) is 8.87. The molecule has 0 spiro atoms. The summed E-state index contributed by atoms with van der Waals surface area (Å²) in [6.07, 6.45) is 0. The number of esters is 1. The van der Waals surface area contributed by atoms with E-state index in [2.05, 4.69) is 0 Å². The Balaban J connectivity index is 2.09. The minimum Gasteiger partial charge on any atom is -0.459 e. The van der Waals surface area contributed by atoms with Crippen LogP contribution in [0, 0.1) is 25.5 Å². The van der Waals surface area contributed by atoms with Gasteiger partial charge in [-0.05, 0) is 81.1 Å². The second kappa shape index (κ2) is 9.53. The van der Waals surface area contributed by atoms with E-state index >= 15 is 0 Å². The van der Waals surface area contributed by atoms with Crippen molar-refractivity contribution in [3.05, 3.63) is 89.0 Å². The monoisotopic (exact) mass is 451 g/mol. The molecule has 6 heteroatoms. The third kappa shape index (κ3) is 5.64. The Morgan fingerprint density at radius 2 is 1.52 bits per heavy atom. The lowest BCUT2D eigenvalue weighted by atomic mass is 9.96. The minimum atomic E-state index is -1.00. The van der Waals surface area contributed by atoms with Crippen molar-refractivity contribution in [3.63, 3.8) is 0 Å². The number of amides is 1. The van der Waals surface area contributed by atoms with Gasteiger partial charge >= 0.3 is 5.97 Å². The molecule has 4 nitrogen and oxygen atoms in total. The van der Waals surface area contributed by atoms with E-state index in [1.807, 2.05) is 38.1 Å². The van der Waals surface area contributed by atoms with Gasteiger partial charge in [-0.15, -0.1) is 0 Å². The van der Waals surface area contributed by atoms with Gasteiger partial charge in [-0.25, -0.2) is 8.78 Å². The molecule has 0 unspecified atom stereocenters. The number of anilines is 1. The largest absolute Gasteiger partial charge is 0.459 e. The first-order valence-electron chi connectivity index (χ1n) is 10.6. The van der Waals surface area contributed by atoms with Gasteiger partial charge in [0, 0.05) is 5.69 Å². The van der Waals surface area contributed by atoms with Crippen LogP contribution in [0.4, 0.5) is 14.5 Å². The van der Waals surface area contributed by atoms with Crippen LogP contribution < -0.4 is 4.90 Å². The van der Waals surface area contributed by atoms with Gasteiger partial charge in [0.2, 0.25) is 0 Å². The van der Waals surface area contributed by atoms with Gasteiger partial charge in [-0.2, -0.15) is 0 Å². The first kappa shape index (κ1) is 24.1. The van der Waals surface area contributed by atoms with E-state index in [0.717, 1.165) is 39.3 Å². The van der Waals surface area contributed by atoms with Gasteiger partial charge in [0.1, 0.15) is 29.3 Å². The van der Waals surface area contributed by atoms with Gasteiger partial charge in [-0.1, -0.05) is 36.4 Å². The number of ether oxygens (including phenoxy) is 1. The zero-order valence-corrected chi connectivity index (χ0v) is 19.4. The Labute approximate surface area is 192 Å². The van der Waals surface area contributed by atoms with Crippen molar-refractivity contribution in [2.24, 2.45) is 0 Å². The predicted molar refractivity (Wildman–Crippen MR) is 125 cm³/mol. The molecule has 172 valence electrons. The first-order chi connectivity index (χ1) is 15.5. The van der Waals surface area contributed by atoms with Crippen molar-refractivity contribution >= 4 is 17.6 Å². The zero-order valence-electron chi connectivity index (χ0n) is 19.4. The van der Waals surface area contributed by atoms with Crippen LogP contribution in [0.25, 0.3) is 11.1 Å². The summed E-state index contributed by atoms with van der Waals surface area (Å²) in [5.41, 5.74) is 2.76. The van der Waals surface area contributed by atoms with Gasteiger partial charge in [0.05, 0.1) is 0 Å². The highest BCUT2D eigenvalue weighted by atomic mass is 19.1. The predicted octanol–water partition coefficient (Wildman–Crippen LogP) is 6.24. The maximum atomic E-state index is 14.4. The average Bonchev–Trinajstić information content (AvgIpc) is 2.72. The third-order valence-corrected chi connectivity index (χ3v) is 5.20. The maximum absolute atomic E-state index is 14.4. The fourth-order valence-corrected chi connectivity index (χ4v) is 3.53. The molecule has 0 saturated heterocycles. The van der Waals surface area contributed by atoms with Gasteiger partial charge in [-0.3, -0.25) is 14.5 Å². The number of carbonyl (C=O) groups is 2. The smallest absolute Gasteiger partial charge is 0.326 e. The Morgan fingerprint density at radius 3 is 2.15 bits per heavy atom. The molecule has 0 radical (unpaired) electrons. The van der Waals surface area contributed by atoms with E-state index in [4.69, 9.17) is 4.74 Å². The van der Waals surface area contributed by atoms with Crippen LogP contribution in [0.2, 0.25) is 0 Å². The Kier molecular flexibility index (Phi) is 6.96. The molecule has 33 heavy (non-hydrogen) atoms. The van der Waals surface area contributed by atoms with Gasteiger partial charge in [0.25, 0.3) is 5.91 Å². The van der Waals surface area contributed by atoms with E-state index < -0.39 is 41.2 Å². The summed E-state index contributed by atoms with van der Waals surface area (Å²) in [6.45, 7) is 8.61. The SMILES string of the molecule is Cc1cccc(-c2cccc(N(CC(=O)OC(C)(C)C)C(=O)c3c(F)cccc3F)c2)c1C. The van der Waals surface area contributed by atoms with Crippen LogP contribution in [-0.2, 0) is 9.53 Å². The highest BCUT2D eigenvalue weighted by Gasteiger charge is 2.28. The molecule has 0 heterocycles. The van der Waals surface area contributed by atoms with E-state index in [1.165, 1.54) is 6.07 Å². The Morgan fingerprint density at radius 1 is 0.909 bits per heavy atom. The molecule has 0 atom stereocenters. The molecule has 3 aromatic rings. The number of aryl methyl sites for hydroxylation is 1. The van der Waals surface area contributed by atoms with Crippen LogP contribution in [-0.4, -0.2) is 24.0 Å². The zero-order chi connectivity index (χ0) is 24.3. The molecular formula is C27H27F2NO3. The van der Waals surface area contributed by atoms with Crippen molar-refractivity contribution in [2.45, 2.75) is 40.2 Å². The van der Waals surface area contributed by atoms with Crippen LogP contribution >= 0.6 is 0 Å². The van der Waals surface area contributed by atoms with Crippen LogP contribution in [0.5, 0.6) is 0 Å². The number of halogens is 2. The summed E-state index contributed by atoms with van der Waals surface area (Å²) in [6, 6.07) is 16.1. The molecule has 0 N–H and O–H groups in total. The molecule has 0 saturated carbocycles. The van der Waals surface area contributed by atoms with E-state index in [0.29, 0.717) is 5.69 Å². The maximum Gasteiger partial charge on any atom is 0.326 e. The second-order valence-corrected chi connectivity index (χ2v) is 8.87. The van der Waals surface area contributed by atoms with Crippen molar-refractivity contribution < 1.29 is 23.1 Å². The summed E-state index contributed by atoms with van der Waals surface area (Å²) < 4.78 is 34.2. The first-order valence-corrected chi connectivity index (χ1v) is 10.6. The van der Waals surface area contributed by atoms with Crippen molar-refractivity contribution in [1.82, 2.24) is 0 Å². The summed E-state index contributed by atoms with van der Waals surface area (Å²) >= 11 is 0. The summed E-state index contributed by atoms with van der Waals surface area (Å²) in [4.78, 5) is 26.9. The highest BCUT2D eigenvalue weighted by molar-refractivity contribution is 6.09. The van der Waals surface area contributed by atoms with E-state index in [-0.39, 0.29) is 0 Å². The molecule has 3 rings (SSSR count). The molecule has 0 fully saturated rings. The molecule has 0 aliphatic carbocycles. The molecule has 0 aromatic heterocycles. The summed E-state index contributed by atoms with van der Waals surface area (Å²) in [7, 11) is 0. The van der Waals surface area contributed by atoms with Crippen LogP contribution in [0.15, 0.2) is 60.7 Å². The third-order valence-electron chi connectivity index (χ3n) is 5.20. The summed E-state index contributed by atoms with van der Waals surface area (Å²) in [5, 5.41) is 0. The number of benzene rings is 3. The fourth-order valence-electron chi connectivity index (χ4n) is 3.53. The molecule has 3 aromatic carbocycles. The Hall–Kier alpha value is -3.54. The number of hydrogen-bond donors (Lipinski definition) is 0. The van der Waals surface area contributed by atoms with Crippen molar-refractivity contribution in [3.8, 4) is 11.1 Å². The van der Waals surface area contributed by atoms with E-state index in [9.17, 15) is 18.4 Å². The Bertz CT molecular complexity index is 1180. The highest BCUT2D eigenvalue weighted by Crippen LogP contribution is 2.30. The number of hydrogen-bond acceptors (Lipinski definition) is 3. The molecule has 0 aliphatic rings. The van der Waals surface area contributed by atoms with Crippen LogP contribution in [0.1, 0.15) is 42.3 Å². The lowest BCUT2D eigenvalue weighted by Crippen LogP contribution is -2.39. The quantitative estimate of drug-likeness (QED) is 0.432. The number of rotatable bonds is 5. The normalized spacial score (nSPS) is 11.2. The molecule has 0 bridgehead atoms. The molecular weight excluding hydrogens is 424 g/mol. The average molecular weight is 452 g/mol. The molecule has 1 amide bonds. The number of nitrogens with zero attached hydrogens (tertiary/aromatic N) is 1. The fraction of sp³-hybridized carbons (Fsp3) is 0.259. The molecule has 0 aliphatic heterocycles. The van der Waals surface area contributed by atoms with Crippen molar-refractivity contribution in [2.75, 3.05) is 11.4 Å².